The van der Waals surface area contributed by atoms with Crippen molar-refractivity contribution < 1.29 is 28.8 Å². The molecule has 0 amide bonds. The number of hydrogen-bond acceptors (Lipinski definition) is 7. The summed E-state index contributed by atoms with van der Waals surface area (Å²) in [7, 11) is 3.00. The quantitative estimate of drug-likeness (QED) is 0.552. The van der Waals surface area contributed by atoms with Gasteiger partial charge in [-0.1, -0.05) is 6.07 Å². The van der Waals surface area contributed by atoms with Gasteiger partial charge in [0, 0.05) is 6.42 Å². The molecular formula is C22H29NO6. The van der Waals surface area contributed by atoms with E-state index < -0.39 is 5.41 Å². The van der Waals surface area contributed by atoms with E-state index in [2.05, 4.69) is 6.07 Å². The molecule has 2 atom stereocenters. The monoisotopic (exact) mass is 403 g/mol. The molecule has 2 saturated carbocycles. The number of rotatable bonds is 7. The van der Waals surface area contributed by atoms with E-state index >= 15 is 0 Å². The van der Waals surface area contributed by atoms with Crippen molar-refractivity contribution in [1.82, 2.24) is 0 Å². The summed E-state index contributed by atoms with van der Waals surface area (Å²) in [6, 6.07) is 8.16. The Morgan fingerprint density at radius 2 is 1.90 bits per heavy atom. The van der Waals surface area contributed by atoms with Crippen molar-refractivity contribution in [3.8, 4) is 17.6 Å². The summed E-state index contributed by atoms with van der Waals surface area (Å²) in [6.07, 6.45) is 4.82. The van der Waals surface area contributed by atoms with Crippen molar-refractivity contribution >= 4 is 5.97 Å². The summed E-state index contributed by atoms with van der Waals surface area (Å²) in [6.45, 7) is -0.284. The number of esters is 1. The van der Waals surface area contributed by atoms with Gasteiger partial charge in [0.15, 0.2) is 11.5 Å². The minimum atomic E-state index is -0.646. The Kier molecular flexibility index (Phi) is 6.99. The van der Waals surface area contributed by atoms with Crippen LogP contribution in [0.4, 0.5) is 0 Å². The minimum Gasteiger partial charge on any atom is -0.493 e. The molecule has 2 aliphatic carbocycles. The fourth-order valence-corrected chi connectivity index (χ4v) is 4.49. The van der Waals surface area contributed by atoms with E-state index in [0.717, 1.165) is 18.4 Å². The highest BCUT2D eigenvalue weighted by Gasteiger charge is 2.40. The van der Waals surface area contributed by atoms with Gasteiger partial charge in [0.25, 0.3) is 0 Å². The molecule has 1 N–H and O–H groups in total. The summed E-state index contributed by atoms with van der Waals surface area (Å²) in [5, 5.41) is 18.9. The van der Waals surface area contributed by atoms with Gasteiger partial charge in [-0.3, -0.25) is 4.79 Å². The summed E-state index contributed by atoms with van der Waals surface area (Å²) in [4.78, 5) is 11.8. The fraction of sp³-hybridized carbons (Fsp3) is 0.636. The van der Waals surface area contributed by atoms with Crippen molar-refractivity contribution in [3.05, 3.63) is 23.8 Å². The maximum Gasteiger partial charge on any atom is 0.308 e. The highest BCUT2D eigenvalue weighted by atomic mass is 16.6. The van der Waals surface area contributed by atoms with Crippen molar-refractivity contribution in [1.29, 1.82) is 5.26 Å². The first-order valence-electron chi connectivity index (χ1n) is 10.1. The third-order valence-corrected chi connectivity index (χ3v) is 6.24. The molecule has 7 nitrogen and oxygen atoms in total. The molecule has 0 aromatic heterocycles. The molecule has 0 spiro atoms. The summed E-state index contributed by atoms with van der Waals surface area (Å²) in [5.41, 5.74) is 0.243. The van der Waals surface area contributed by atoms with Crippen molar-refractivity contribution in [2.45, 2.75) is 62.6 Å². The van der Waals surface area contributed by atoms with Gasteiger partial charge in [-0.05, 0) is 56.2 Å². The van der Waals surface area contributed by atoms with Crippen LogP contribution in [-0.2, 0) is 19.7 Å². The summed E-state index contributed by atoms with van der Waals surface area (Å²) < 4.78 is 21.8. The number of nitriles is 1. The minimum absolute atomic E-state index is 0.00164. The molecule has 1 aromatic rings. The molecule has 1 aromatic carbocycles. The zero-order chi connectivity index (χ0) is 20.9. The molecule has 0 saturated heterocycles. The largest absolute Gasteiger partial charge is 0.493 e. The summed E-state index contributed by atoms with van der Waals surface area (Å²) in [5.74, 6) is 0.898. The molecule has 2 fully saturated rings. The van der Waals surface area contributed by atoms with Crippen LogP contribution in [0.1, 0.15) is 50.5 Å². The first kappa shape index (κ1) is 21.4. The van der Waals surface area contributed by atoms with Crippen molar-refractivity contribution in [3.63, 3.8) is 0 Å². The lowest BCUT2D eigenvalue weighted by Crippen LogP contribution is -2.33. The Bertz CT molecular complexity index is 750. The number of carbonyl (C=O) groups is 1. The first-order chi connectivity index (χ1) is 14.0. The SMILES string of the molecule is COC(=O)C1CCC(C#N)(c2ccc(OC)c(OC3CCC(OCO)C3)c2)CC1. The molecule has 29 heavy (non-hydrogen) atoms. The van der Waals surface area contributed by atoms with E-state index in [1.54, 1.807) is 7.11 Å². The second-order valence-corrected chi connectivity index (χ2v) is 7.83. The molecule has 2 aliphatic rings. The molecule has 7 heteroatoms. The molecule has 0 heterocycles. The van der Waals surface area contributed by atoms with Crippen LogP contribution in [0.25, 0.3) is 0 Å². The van der Waals surface area contributed by atoms with E-state index in [-0.39, 0.29) is 30.9 Å². The van der Waals surface area contributed by atoms with Crippen LogP contribution >= 0.6 is 0 Å². The van der Waals surface area contributed by atoms with Crippen molar-refractivity contribution in [2.75, 3.05) is 21.0 Å². The number of nitrogens with zero attached hydrogens (tertiary/aromatic N) is 1. The maximum atomic E-state index is 11.8. The van der Waals surface area contributed by atoms with Gasteiger partial charge in [-0.15, -0.1) is 0 Å². The Hall–Kier alpha value is -2.30. The lowest BCUT2D eigenvalue weighted by Gasteiger charge is -2.34. The Morgan fingerprint density at radius 1 is 1.17 bits per heavy atom. The van der Waals surface area contributed by atoms with Crippen LogP contribution in [0.5, 0.6) is 11.5 Å². The molecule has 158 valence electrons. The predicted molar refractivity (Wildman–Crippen MR) is 104 cm³/mol. The number of carbonyl (C=O) groups excluding carboxylic acids is 1. The first-order valence-corrected chi connectivity index (χ1v) is 10.1. The number of aliphatic hydroxyl groups is 1. The molecule has 2 unspecified atom stereocenters. The van der Waals surface area contributed by atoms with Gasteiger partial charge in [-0.25, -0.2) is 0 Å². The smallest absolute Gasteiger partial charge is 0.308 e. The van der Waals surface area contributed by atoms with Gasteiger partial charge in [0.2, 0.25) is 0 Å². The van der Waals surface area contributed by atoms with Crippen LogP contribution in [-0.4, -0.2) is 44.3 Å². The standard InChI is InChI=1S/C22H29NO6/c1-26-19-6-3-16(11-20(19)29-18-5-4-17(12-18)28-14-24)22(13-23)9-7-15(8-10-22)21(25)27-2/h3,6,11,15,17-18,24H,4-5,7-10,12,14H2,1-2H3. The third kappa shape index (κ3) is 4.65. The number of ether oxygens (including phenoxy) is 4. The Labute approximate surface area is 171 Å². The number of hydrogen-bond donors (Lipinski definition) is 1. The van der Waals surface area contributed by atoms with Crippen LogP contribution in [0.3, 0.4) is 0 Å². The highest BCUT2D eigenvalue weighted by molar-refractivity contribution is 5.72. The van der Waals surface area contributed by atoms with E-state index in [4.69, 9.17) is 24.1 Å². The average molecular weight is 403 g/mol. The average Bonchev–Trinajstić information content (AvgIpc) is 3.20. The highest BCUT2D eigenvalue weighted by Crippen LogP contribution is 2.44. The fourth-order valence-electron chi connectivity index (χ4n) is 4.49. The van der Waals surface area contributed by atoms with Crippen LogP contribution < -0.4 is 9.47 Å². The Morgan fingerprint density at radius 3 is 2.52 bits per heavy atom. The lowest BCUT2D eigenvalue weighted by atomic mass is 9.67. The predicted octanol–water partition coefficient (Wildman–Crippen LogP) is 3.09. The van der Waals surface area contributed by atoms with Crippen LogP contribution in [0.15, 0.2) is 18.2 Å². The van der Waals surface area contributed by atoms with Crippen molar-refractivity contribution in [2.24, 2.45) is 5.92 Å². The zero-order valence-corrected chi connectivity index (χ0v) is 17.1. The second-order valence-electron chi connectivity index (χ2n) is 7.83. The molecule has 0 radical (unpaired) electrons. The molecule has 0 bridgehead atoms. The number of benzene rings is 1. The number of aliphatic hydroxyl groups excluding tert-OH is 1. The normalized spacial score (nSPS) is 29.1. The number of methoxy groups -OCH3 is 2. The van der Waals surface area contributed by atoms with Gasteiger partial charge in [0.1, 0.15) is 12.9 Å². The van der Waals surface area contributed by atoms with Gasteiger partial charge < -0.3 is 24.1 Å². The molecule has 3 rings (SSSR count). The van der Waals surface area contributed by atoms with Gasteiger partial charge >= 0.3 is 5.97 Å². The van der Waals surface area contributed by atoms with Crippen LogP contribution in [0, 0.1) is 17.2 Å². The third-order valence-electron chi connectivity index (χ3n) is 6.24. The molecular weight excluding hydrogens is 374 g/mol. The lowest BCUT2D eigenvalue weighted by molar-refractivity contribution is -0.146. The van der Waals surface area contributed by atoms with Crippen LogP contribution in [0.2, 0.25) is 0 Å². The summed E-state index contributed by atoms with van der Waals surface area (Å²) >= 11 is 0. The van der Waals surface area contributed by atoms with E-state index in [1.165, 1.54) is 7.11 Å². The Balaban J connectivity index is 1.77. The second kappa shape index (κ2) is 9.47. The van der Waals surface area contributed by atoms with Gasteiger partial charge in [0.05, 0.1) is 37.7 Å². The van der Waals surface area contributed by atoms with Gasteiger partial charge in [-0.2, -0.15) is 5.26 Å². The zero-order valence-electron chi connectivity index (χ0n) is 17.1. The van der Waals surface area contributed by atoms with E-state index in [9.17, 15) is 10.1 Å². The molecule has 0 aliphatic heterocycles. The topological polar surface area (TPSA) is 98.0 Å². The van der Waals surface area contributed by atoms with E-state index in [0.29, 0.717) is 43.6 Å². The van der Waals surface area contributed by atoms with E-state index in [1.807, 2.05) is 18.2 Å². The maximum absolute atomic E-state index is 11.8.